The zero-order valence-corrected chi connectivity index (χ0v) is 21.6. The third-order valence-corrected chi connectivity index (χ3v) is 10.4. The summed E-state index contributed by atoms with van der Waals surface area (Å²) in [6, 6.07) is 1.72. The maximum atomic E-state index is 13.4. The molecular weight excluding hydrogens is 511 g/mol. The standard InChI is InChI=1S/C24H36F3N5O4S/c25-24(26,27)6-1-7-28-16-4-8-32(9-5-16)37(34,35)20-12-18-10-17(11-19(13-20)29-18)30-23(33)21-14-22(36-31-21)15-2-3-15/h14-20,28-29H,1-13H2,(H,30,33)/t17?,18-,19?,20?/m1/s1. The lowest BCUT2D eigenvalue weighted by molar-refractivity contribution is -0.135. The van der Waals surface area contributed by atoms with Gasteiger partial charge in [0.2, 0.25) is 10.0 Å². The average Bonchev–Trinajstić information content (AvgIpc) is 3.57. The highest BCUT2D eigenvalue weighted by atomic mass is 32.2. The molecule has 0 radical (unpaired) electrons. The number of amides is 1. The van der Waals surface area contributed by atoms with E-state index in [0.29, 0.717) is 63.2 Å². The SMILES string of the molecule is O=C(NC1CC2CC(S(=O)(=O)N3CCC(NCCCC(F)(F)F)CC3)C[C@@H](C1)N2)c1cc(C2CC2)on1. The molecule has 5 rings (SSSR count). The van der Waals surface area contributed by atoms with Crippen LogP contribution in [-0.2, 0) is 10.0 Å². The van der Waals surface area contributed by atoms with Crippen LogP contribution in [0.15, 0.2) is 10.6 Å². The van der Waals surface area contributed by atoms with Gasteiger partial charge in [0, 0.05) is 55.7 Å². The predicted molar refractivity (Wildman–Crippen MR) is 130 cm³/mol. The van der Waals surface area contributed by atoms with Gasteiger partial charge in [0.25, 0.3) is 5.91 Å². The molecule has 208 valence electrons. The zero-order valence-electron chi connectivity index (χ0n) is 20.8. The lowest BCUT2D eigenvalue weighted by Gasteiger charge is -2.45. The first-order valence-electron chi connectivity index (χ1n) is 13.4. The molecule has 9 nitrogen and oxygen atoms in total. The molecule has 1 saturated carbocycles. The summed E-state index contributed by atoms with van der Waals surface area (Å²) in [5.74, 6) is 0.901. The lowest BCUT2D eigenvalue weighted by atomic mass is 9.83. The first kappa shape index (κ1) is 26.9. The second-order valence-corrected chi connectivity index (χ2v) is 13.3. The maximum absolute atomic E-state index is 13.4. The molecule has 4 heterocycles. The minimum Gasteiger partial charge on any atom is -0.360 e. The minimum absolute atomic E-state index is 0.00440. The number of rotatable bonds is 9. The van der Waals surface area contributed by atoms with Gasteiger partial charge < -0.3 is 20.5 Å². The number of halogens is 3. The molecule has 1 aromatic heterocycles. The highest BCUT2D eigenvalue weighted by Gasteiger charge is 2.44. The number of fused-ring (bicyclic) bond motifs is 2. The van der Waals surface area contributed by atoms with E-state index in [9.17, 15) is 26.4 Å². The van der Waals surface area contributed by atoms with E-state index in [-0.39, 0.29) is 43.0 Å². The Labute approximate surface area is 215 Å². The number of sulfonamides is 1. The van der Waals surface area contributed by atoms with Crippen molar-refractivity contribution in [3.63, 3.8) is 0 Å². The molecule has 1 amide bonds. The van der Waals surface area contributed by atoms with E-state index in [1.54, 1.807) is 10.4 Å². The van der Waals surface area contributed by atoms with E-state index < -0.39 is 27.9 Å². The molecule has 37 heavy (non-hydrogen) atoms. The molecular formula is C24H36F3N5O4S. The molecule has 4 fully saturated rings. The molecule has 3 unspecified atom stereocenters. The van der Waals surface area contributed by atoms with Crippen LogP contribution in [0.25, 0.3) is 0 Å². The van der Waals surface area contributed by atoms with Crippen LogP contribution in [-0.4, -0.2) is 79.0 Å². The zero-order chi connectivity index (χ0) is 26.2. The Morgan fingerprint density at radius 3 is 2.38 bits per heavy atom. The average molecular weight is 548 g/mol. The van der Waals surface area contributed by atoms with E-state index in [1.807, 2.05) is 0 Å². The first-order chi connectivity index (χ1) is 17.6. The lowest BCUT2D eigenvalue weighted by Crippen LogP contribution is -2.60. The number of carbonyl (C=O) groups excluding carboxylic acids is 1. The third-order valence-electron chi connectivity index (χ3n) is 8.09. The highest BCUT2D eigenvalue weighted by molar-refractivity contribution is 7.89. The number of carbonyl (C=O) groups is 1. The normalized spacial score (nSPS) is 29.8. The van der Waals surface area contributed by atoms with Gasteiger partial charge in [0.05, 0.1) is 5.25 Å². The smallest absolute Gasteiger partial charge is 0.360 e. The van der Waals surface area contributed by atoms with Crippen LogP contribution in [0.2, 0.25) is 0 Å². The van der Waals surface area contributed by atoms with Gasteiger partial charge in [-0.25, -0.2) is 12.7 Å². The van der Waals surface area contributed by atoms with Crippen LogP contribution in [0.4, 0.5) is 13.2 Å². The van der Waals surface area contributed by atoms with E-state index >= 15 is 0 Å². The Morgan fingerprint density at radius 2 is 1.76 bits per heavy atom. The van der Waals surface area contributed by atoms with Crippen LogP contribution in [0.3, 0.4) is 0 Å². The predicted octanol–water partition coefficient (Wildman–Crippen LogP) is 2.66. The fourth-order valence-electron chi connectivity index (χ4n) is 6.01. The number of alkyl halides is 3. The number of hydrogen-bond acceptors (Lipinski definition) is 7. The largest absolute Gasteiger partial charge is 0.389 e. The number of nitrogens with one attached hydrogen (secondary N) is 3. The van der Waals surface area contributed by atoms with E-state index in [0.717, 1.165) is 18.6 Å². The molecule has 3 aliphatic heterocycles. The summed E-state index contributed by atoms with van der Waals surface area (Å²) in [4.78, 5) is 12.7. The van der Waals surface area contributed by atoms with Gasteiger partial charge in [-0.1, -0.05) is 5.16 Å². The van der Waals surface area contributed by atoms with Gasteiger partial charge in [0.15, 0.2) is 5.69 Å². The molecule has 2 bridgehead atoms. The summed E-state index contributed by atoms with van der Waals surface area (Å²) in [5.41, 5.74) is 0.296. The van der Waals surface area contributed by atoms with Crippen molar-refractivity contribution in [3.8, 4) is 0 Å². The van der Waals surface area contributed by atoms with E-state index in [2.05, 4.69) is 21.1 Å². The minimum atomic E-state index is -4.14. The topological polar surface area (TPSA) is 117 Å². The van der Waals surface area contributed by atoms with Crippen LogP contribution in [0.1, 0.15) is 86.4 Å². The monoisotopic (exact) mass is 547 g/mol. The Kier molecular flexibility index (Phi) is 7.86. The summed E-state index contributed by atoms with van der Waals surface area (Å²) in [5, 5.41) is 13.2. The number of nitrogens with zero attached hydrogens (tertiary/aromatic N) is 2. The molecule has 3 N–H and O–H groups in total. The molecule has 4 atom stereocenters. The fraction of sp³-hybridized carbons (Fsp3) is 0.833. The van der Waals surface area contributed by atoms with Gasteiger partial charge in [0.1, 0.15) is 5.76 Å². The van der Waals surface area contributed by atoms with Crippen molar-refractivity contribution in [2.24, 2.45) is 0 Å². The summed E-state index contributed by atoms with van der Waals surface area (Å²) in [7, 11) is -3.47. The Balaban J connectivity index is 1.07. The van der Waals surface area contributed by atoms with E-state index in [4.69, 9.17) is 4.52 Å². The van der Waals surface area contributed by atoms with E-state index in [1.165, 1.54) is 0 Å². The van der Waals surface area contributed by atoms with Crippen LogP contribution < -0.4 is 16.0 Å². The highest BCUT2D eigenvalue weighted by Crippen LogP contribution is 2.40. The van der Waals surface area contributed by atoms with Crippen molar-refractivity contribution in [3.05, 3.63) is 17.5 Å². The molecule has 4 aliphatic rings. The maximum Gasteiger partial charge on any atom is 0.389 e. The molecule has 3 saturated heterocycles. The Hall–Kier alpha value is -1.70. The summed E-state index contributed by atoms with van der Waals surface area (Å²) in [6.07, 6.45) is 0.720. The quantitative estimate of drug-likeness (QED) is 0.407. The van der Waals surface area contributed by atoms with Gasteiger partial charge in [-0.3, -0.25) is 4.79 Å². The number of aromatic nitrogens is 1. The molecule has 0 spiro atoms. The second kappa shape index (κ2) is 10.8. The first-order valence-corrected chi connectivity index (χ1v) is 14.9. The van der Waals surface area contributed by atoms with Crippen molar-refractivity contribution < 1.29 is 30.9 Å². The van der Waals surface area contributed by atoms with Gasteiger partial charge >= 0.3 is 6.18 Å². The fourth-order valence-corrected chi connectivity index (χ4v) is 8.10. The van der Waals surface area contributed by atoms with Crippen molar-refractivity contribution in [2.45, 2.75) is 106 Å². The second-order valence-electron chi connectivity index (χ2n) is 11.1. The molecule has 13 heteroatoms. The molecule has 1 aliphatic carbocycles. The third kappa shape index (κ3) is 6.85. The van der Waals surface area contributed by atoms with Crippen LogP contribution in [0, 0.1) is 0 Å². The summed E-state index contributed by atoms with van der Waals surface area (Å²) < 4.78 is 70.6. The Morgan fingerprint density at radius 1 is 1.08 bits per heavy atom. The van der Waals surface area contributed by atoms with Crippen molar-refractivity contribution in [1.29, 1.82) is 0 Å². The number of hydrogen-bond donors (Lipinski definition) is 3. The van der Waals surface area contributed by atoms with Crippen molar-refractivity contribution in [2.75, 3.05) is 19.6 Å². The van der Waals surface area contributed by atoms with Crippen LogP contribution in [0.5, 0.6) is 0 Å². The summed E-state index contributed by atoms with van der Waals surface area (Å²) in [6.45, 7) is 1.06. The van der Waals surface area contributed by atoms with Gasteiger partial charge in [-0.2, -0.15) is 13.2 Å². The molecule has 1 aromatic rings. The van der Waals surface area contributed by atoms with Gasteiger partial charge in [-0.15, -0.1) is 0 Å². The van der Waals surface area contributed by atoms with Crippen molar-refractivity contribution in [1.82, 2.24) is 25.4 Å². The van der Waals surface area contributed by atoms with Gasteiger partial charge in [-0.05, 0) is 64.3 Å². The Bertz CT molecular complexity index is 1040. The summed E-state index contributed by atoms with van der Waals surface area (Å²) >= 11 is 0. The number of piperidine rings is 3. The molecule has 0 aromatic carbocycles. The van der Waals surface area contributed by atoms with Crippen LogP contribution >= 0.6 is 0 Å². The van der Waals surface area contributed by atoms with Crippen molar-refractivity contribution >= 4 is 15.9 Å².